The van der Waals surface area contributed by atoms with Crippen LogP contribution in [0.1, 0.15) is 31.4 Å². The van der Waals surface area contributed by atoms with E-state index in [-0.39, 0.29) is 30.2 Å². The van der Waals surface area contributed by atoms with Gasteiger partial charge in [0.15, 0.2) is 6.61 Å². The molecule has 0 saturated carbocycles. The molecule has 0 aliphatic carbocycles. The van der Waals surface area contributed by atoms with Crippen LogP contribution in [0.4, 0.5) is 11.4 Å². The van der Waals surface area contributed by atoms with Crippen LogP contribution in [-0.4, -0.2) is 41.8 Å². The van der Waals surface area contributed by atoms with Crippen LogP contribution in [0, 0.1) is 10.1 Å². The zero-order chi connectivity index (χ0) is 21.0. The fraction of sp³-hybridized carbons (Fsp3) is 0.333. The van der Waals surface area contributed by atoms with Gasteiger partial charge in [0.25, 0.3) is 11.6 Å². The van der Waals surface area contributed by atoms with Gasteiger partial charge in [0.05, 0.1) is 11.0 Å². The molecule has 0 unspecified atom stereocenters. The molecule has 0 spiro atoms. The molecule has 8 nitrogen and oxygen atoms in total. The highest BCUT2D eigenvalue weighted by molar-refractivity contribution is 5.95. The zero-order valence-electron chi connectivity index (χ0n) is 16.4. The van der Waals surface area contributed by atoms with E-state index in [0.717, 1.165) is 18.7 Å². The maximum absolute atomic E-state index is 12.5. The number of rotatable bonds is 7. The summed E-state index contributed by atoms with van der Waals surface area (Å²) >= 11 is 0. The van der Waals surface area contributed by atoms with Crippen LogP contribution in [0.3, 0.4) is 0 Å². The number of benzene rings is 2. The summed E-state index contributed by atoms with van der Waals surface area (Å²) in [6, 6.07) is 13.0. The molecule has 3 rings (SSSR count). The van der Waals surface area contributed by atoms with Gasteiger partial charge in [0.1, 0.15) is 5.75 Å². The van der Waals surface area contributed by atoms with E-state index in [4.69, 9.17) is 4.74 Å². The van der Waals surface area contributed by atoms with Gasteiger partial charge in [-0.25, -0.2) is 0 Å². The molecule has 0 aromatic heterocycles. The van der Waals surface area contributed by atoms with Crippen LogP contribution in [0.15, 0.2) is 48.5 Å². The van der Waals surface area contributed by atoms with Crippen molar-refractivity contribution in [3.05, 3.63) is 64.2 Å². The van der Waals surface area contributed by atoms with E-state index in [2.05, 4.69) is 0 Å². The number of nitro groups is 1. The summed E-state index contributed by atoms with van der Waals surface area (Å²) in [5, 5.41) is 10.9. The third kappa shape index (κ3) is 4.71. The Balaban J connectivity index is 1.57. The Morgan fingerprint density at radius 1 is 1.28 bits per heavy atom. The fourth-order valence-corrected chi connectivity index (χ4v) is 3.23. The van der Waals surface area contributed by atoms with Gasteiger partial charge in [0.2, 0.25) is 5.91 Å². The number of non-ortho nitro benzene ring substituents is 1. The number of carbonyl (C=O) groups excluding carboxylic acids is 2. The molecule has 1 aliphatic rings. The molecule has 2 amide bonds. The molecule has 0 N–H and O–H groups in total. The third-order valence-corrected chi connectivity index (χ3v) is 5.12. The number of hydrogen-bond acceptors (Lipinski definition) is 5. The second-order valence-electron chi connectivity index (χ2n) is 6.96. The maximum Gasteiger partial charge on any atom is 0.269 e. The van der Waals surface area contributed by atoms with Crippen molar-refractivity contribution in [1.29, 1.82) is 0 Å². The fourth-order valence-electron chi connectivity index (χ4n) is 3.23. The largest absolute Gasteiger partial charge is 0.484 e. The lowest BCUT2D eigenvalue weighted by Crippen LogP contribution is -2.33. The molecule has 2 aromatic rings. The lowest BCUT2D eigenvalue weighted by molar-refractivity contribution is -0.384. The molecule has 1 atom stereocenters. The quantitative estimate of drug-likeness (QED) is 0.528. The highest BCUT2D eigenvalue weighted by atomic mass is 16.6. The van der Waals surface area contributed by atoms with Crippen molar-refractivity contribution in [2.75, 3.05) is 25.1 Å². The molecule has 1 heterocycles. The predicted molar refractivity (Wildman–Crippen MR) is 108 cm³/mol. The molecule has 1 aliphatic heterocycles. The Hall–Kier alpha value is -3.42. The predicted octanol–water partition coefficient (Wildman–Crippen LogP) is 3.32. The first-order chi connectivity index (χ1) is 13.9. The highest BCUT2D eigenvalue weighted by Crippen LogP contribution is 2.25. The number of likely N-dealkylation sites (N-methyl/N-ethyl adjacent to an activating group) is 1. The first kappa shape index (κ1) is 20.3. The lowest BCUT2D eigenvalue weighted by atomic mass is 10.1. The van der Waals surface area contributed by atoms with E-state index in [9.17, 15) is 19.7 Å². The minimum Gasteiger partial charge on any atom is -0.484 e. The van der Waals surface area contributed by atoms with Crippen LogP contribution in [0.5, 0.6) is 5.75 Å². The van der Waals surface area contributed by atoms with Crippen LogP contribution in [0.25, 0.3) is 0 Å². The number of anilines is 1. The molecular formula is C21H23N3O5. The van der Waals surface area contributed by atoms with Crippen molar-refractivity contribution in [3.8, 4) is 5.75 Å². The number of carbonyl (C=O) groups is 2. The SMILES string of the molecule is C[C@@H](c1cccc([N+](=O)[O-])c1)N(C)C(=O)COc1ccc(N2CCCC2=O)cc1. The Morgan fingerprint density at radius 2 is 2.00 bits per heavy atom. The van der Waals surface area contributed by atoms with Crippen molar-refractivity contribution in [2.45, 2.75) is 25.8 Å². The minimum absolute atomic E-state index is 0.0111. The van der Waals surface area contributed by atoms with E-state index in [0.29, 0.717) is 17.7 Å². The van der Waals surface area contributed by atoms with Gasteiger partial charge in [-0.15, -0.1) is 0 Å². The standard InChI is InChI=1S/C21H23N3O5/c1-15(16-5-3-6-18(13-16)24(27)28)22(2)21(26)14-29-19-10-8-17(9-11-19)23-12-4-7-20(23)25/h3,5-6,8-11,13,15H,4,7,12,14H2,1-2H3/t15-/m0/s1. The van der Waals surface area contributed by atoms with Crippen LogP contribution in [0.2, 0.25) is 0 Å². The number of hydrogen-bond donors (Lipinski definition) is 0. The van der Waals surface area contributed by atoms with E-state index in [1.54, 1.807) is 55.3 Å². The molecular weight excluding hydrogens is 374 g/mol. The van der Waals surface area contributed by atoms with Gasteiger partial charge in [-0.1, -0.05) is 12.1 Å². The van der Waals surface area contributed by atoms with E-state index in [1.807, 2.05) is 0 Å². The second kappa shape index (κ2) is 8.72. The number of nitrogens with zero attached hydrogens (tertiary/aromatic N) is 3. The van der Waals surface area contributed by atoms with Gasteiger partial charge in [-0.3, -0.25) is 19.7 Å². The van der Waals surface area contributed by atoms with Crippen LogP contribution >= 0.6 is 0 Å². The number of amides is 2. The van der Waals surface area contributed by atoms with Crippen molar-refractivity contribution in [2.24, 2.45) is 0 Å². The van der Waals surface area contributed by atoms with Gasteiger partial charge in [-0.05, 0) is 43.2 Å². The highest BCUT2D eigenvalue weighted by Gasteiger charge is 2.22. The number of ether oxygens (including phenoxy) is 1. The molecule has 2 aromatic carbocycles. The van der Waals surface area contributed by atoms with Crippen molar-refractivity contribution in [1.82, 2.24) is 4.90 Å². The summed E-state index contributed by atoms with van der Waals surface area (Å²) in [7, 11) is 1.64. The Kier molecular flexibility index (Phi) is 6.11. The van der Waals surface area contributed by atoms with Crippen molar-refractivity contribution >= 4 is 23.2 Å². The summed E-state index contributed by atoms with van der Waals surface area (Å²) in [6.45, 7) is 2.37. The average molecular weight is 397 g/mol. The zero-order valence-corrected chi connectivity index (χ0v) is 16.4. The van der Waals surface area contributed by atoms with Gasteiger partial charge in [0, 0.05) is 37.8 Å². The van der Waals surface area contributed by atoms with E-state index in [1.165, 1.54) is 17.0 Å². The monoisotopic (exact) mass is 397 g/mol. The van der Waals surface area contributed by atoms with E-state index < -0.39 is 4.92 Å². The molecule has 29 heavy (non-hydrogen) atoms. The second-order valence-corrected chi connectivity index (χ2v) is 6.96. The summed E-state index contributed by atoms with van der Waals surface area (Å²) in [5.74, 6) is 0.401. The first-order valence-corrected chi connectivity index (χ1v) is 9.40. The molecule has 0 radical (unpaired) electrons. The lowest BCUT2D eigenvalue weighted by Gasteiger charge is -2.25. The summed E-state index contributed by atoms with van der Waals surface area (Å²) in [6.07, 6.45) is 1.43. The normalized spacial score (nSPS) is 14.6. The van der Waals surface area contributed by atoms with Gasteiger partial charge >= 0.3 is 0 Å². The Bertz CT molecular complexity index is 913. The molecule has 1 saturated heterocycles. The Morgan fingerprint density at radius 3 is 2.62 bits per heavy atom. The third-order valence-electron chi connectivity index (χ3n) is 5.12. The van der Waals surface area contributed by atoms with Crippen LogP contribution < -0.4 is 9.64 Å². The topological polar surface area (TPSA) is 93.0 Å². The van der Waals surface area contributed by atoms with Crippen molar-refractivity contribution < 1.29 is 19.2 Å². The van der Waals surface area contributed by atoms with E-state index >= 15 is 0 Å². The molecule has 8 heteroatoms. The summed E-state index contributed by atoms with van der Waals surface area (Å²) in [5.41, 5.74) is 1.49. The van der Waals surface area contributed by atoms with Gasteiger partial charge < -0.3 is 14.5 Å². The van der Waals surface area contributed by atoms with Crippen LogP contribution in [-0.2, 0) is 9.59 Å². The summed E-state index contributed by atoms with van der Waals surface area (Å²) in [4.78, 5) is 38.0. The first-order valence-electron chi connectivity index (χ1n) is 9.40. The average Bonchev–Trinajstić information content (AvgIpc) is 3.17. The smallest absolute Gasteiger partial charge is 0.269 e. The minimum atomic E-state index is -0.458. The number of nitro benzene ring substituents is 1. The van der Waals surface area contributed by atoms with Crippen molar-refractivity contribution in [3.63, 3.8) is 0 Å². The Labute approximate surface area is 168 Å². The maximum atomic E-state index is 12.5. The van der Waals surface area contributed by atoms with Gasteiger partial charge in [-0.2, -0.15) is 0 Å². The molecule has 1 fully saturated rings. The molecule has 152 valence electrons. The summed E-state index contributed by atoms with van der Waals surface area (Å²) < 4.78 is 5.58. The molecule has 0 bridgehead atoms.